The predicted octanol–water partition coefficient (Wildman–Crippen LogP) is 4.61. The first-order valence-corrected chi connectivity index (χ1v) is 8.52. The van der Waals surface area contributed by atoms with Gasteiger partial charge >= 0.3 is 5.97 Å². The van der Waals surface area contributed by atoms with Crippen LogP contribution in [0.5, 0.6) is 0 Å². The van der Waals surface area contributed by atoms with Crippen LogP contribution in [0.4, 0.5) is 11.4 Å². The first kappa shape index (κ1) is 19.1. The molecule has 0 unspecified atom stereocenters. The van der Waals surface area contributed by atoms with Crippen molar-refractivity contribution in [2.75, 3.05) is 23.8 Å². The number of carbonyl (C=O) groups is 2. The Labute approximate surface area is 156 Å². The van der Waals surface area contributed by atoms with E-state index in [1.165, 1.54) is 0 Å². The quantitative estimate of drug-likeness (QED) is 0.688. The standard InChI is InChI=1S/C18H18Cl2N2O3/c1-2-25-18(24)12-6-3-4-9-15(12)21-11-10-16(23)22-17-13(19)7-5-8-14(17)20/h3-9,21H,2,10-11H2,1H3,(H,22,23). The molecule has 0 spiro atoms. The topological polar surface area (TPSA) is 67.4 Å². The average Bonchev–Trinajstić information content (AvgIpc) is 2.59. The molecule has 0 radical (unpaired) electrons. The van der Waals surface area contributed by atoms with Crippen LogP contribution in [0.2, 0.25) is 10.0 Å². The molecule has 0 fully saturated rings. The normalized spacial score (nSPS) is 10.2. The molecule has 0 heterocycles. The van der Waals surface area contributed by atoms with Gasteiger partial charge in [-0.05, 0) is 31.2 Å². The molecule has 2 N–H and O–H groups in total. The highest BCUT2D eigenvalue weighted by Crippen LogP contribution is 2.29. The molecule has 0 aliphatic rings. The van der Waals surface area contributed by atoms with Gasteiger partial charge in [-0.2, -0.15) is 0 Å². The monoisotopic (exact) mass is 380 g/mol. The number of rotatable bonds is 7. The van der Waals surface area contributed by atoms with Crippen LogP contribution in [-0.2, 0) is 9.53 Å². The van der Waals surface area contributed by atoms with Crippen molar-refractivity contribution in [1.29, 1.82) is 0 Å². The van der Waals surface area contributed by atoms with Gasteiger partial charge in [-0.15, -0.1) is 0 Å². The van der Waals surface area contributed by atoms with E-state index >= 15 is 0 Å². The van der Waals surface area contributed by atoms with E-state index in [1.54, 1.807) is 49.4 Å². The summed E-state index contributed by atoms with van der Waals surface area (Å²) in [6, 6.07) is 12.0. The van der Waals surface area contributed by atoms with Crippen molar-refractivity contribution in [3.05, 3.63) is 58.1 Å². The Morgan fingerprint density at radius 1 is 1.04 bits per heavy atom. The molecule has 0 aromatic heterocycles. The van der Waals surface area contributed by atoms with Gasteiger partial charge in [0.25, 0.3) is 0 Å². The molecule has 0 saturated carbocycles. The second-order valence-corrected chi connectivity index (χ2v) is 5.90. The predicted molar refractivity (Wildman–Crippen MR) is 101 cm³/mol. The number of anilines is 2. The second-order valence-electron chi connectivity index (χ2n) is 5.09. The second kappa shape index (κ2) is 9.30. The third kappa shape index (κ3) is 5.37. The van der Waals surface area contributed by atoms with Crippen LogP contribution in [0.1, 0.15) is 23.7 Å². The molecule has 0 bridgehead atoms. The number of benzene rings is 2. The number of amides is 1. The number of carbonyl (C=O) groups excluding carboxylic acids is 2. The van der Waals surface area contributed by atoms with Gasteiger partial charge in [0.1, 0.15) is 0 Å². The molecule has 5 nitrogen and oxygen atoms in total. The fraction of sp³-hybridized carbons (Fsp3) is 0.222. The fourth-order valence-corrected chi connectivity index (χ4v) is 2.65. The van der Waals surface area contributed by atoms with Gasteiger partial charge in [-0.3, -0.25) is 4.79 Å². The minimum Gasteiger partial charge on any atom is -0.462 e. The lowest BCUT2D eigenvalue weighted by Gasteiger charge is -2.12. The Bertz CT molecular complexity index is 745. The van der Waals surface area contributed by atoms with E-state index in [0.29, 0.717) is 40.1 Å². The first-order valence-electron chi connectivity index (χ1n) is 7.76. The average molecular weight is 381 g/mol. The summed E-state index contributed by atoms with van der Waals surface area (Å²) in [5.41, 5.74) is 1.44. The van der Waals surface area contributed by atoms with Crippen molar-refractivity contribution in [3.8, 4) is 0 Å². The number of esters is 1. The van der Waals surface area contributed by atoms with Crippen LogP contribution in [0, 0.1) is 0 Å². The molecule has 1 amide bonds. The summed E-state index contributed by atoms with van der Waals surface area (Å²) in [4.78, 5) is 24.0. The molecule has 7 heteroatoms. The Hall–Kier alpha value is -2.24. The lowest BCUT2D eigenvalue weighted by molar-refractivity contribution is -0.115. The van der Waals surface area contributed by atoms with E-state index in [4.69, 9.17) is 27.9 Å². The van der Waals surface area contributed by atoms with Crippen molar-refractivity contribution in [2.24, 2.45) is 0 Å². The molecule has 0 atom stereocenters. The SMILES string of the molecule is CCOC(=O)c1ccccc1NCCC(=O)Nc1c(Cl)cccc1Cl. The van der Waals surface area contributed by atoms with Gasteiger partial charge in [0, 0.05) is 18.7 Å². The molecule has 25 heavy (non-hydrogen) atoms. The number of hydrogen-bond donors (Lipinski definition) is 2. The van der Waals surface area contributed by atoms with E-state index in [1.807, 2.05) is 0 Å². The summed E-state index contributed by atoms with van der Waals surface area (Å²) in [6.07, 6.45) is 0.179. The van der Waals surface area contributed by atoms with Gasteiger partial charge < -0.3 is 15.4 Å². The van der Waals surface area contributed by atoms with E-state index in [9.17, 15) is 9.59 Å². The lowest BCUT2D eigenvalue weighted by atomic mass is 10.1. The first-order chi connectivity index (χ1) is 12.0. The lowest BCUT2D eigenvalue weighted by Crippen LogP contribution is -2.18. The maximum atomic E-state index is 12.1. The number of hydrogen-bond acceptors (Lipinski definition) is 4. The Balaban J connectivity index is 1.93. The zero-order chi connectivity index (χ0) is 18.2. The van der Waals surface area contributed by atoms with Crippen molar-refractivity contribution in [1.82, 2.24) is 0 Å². The molecule has 2 aromatic carbocycles. The number of ether oxygens (including phenoxy) is 1. The van der Waals surface area contributed by atoms with E-state index in [-0.39, 0.29) is 12.3 Å². The van der Waals surface area contributed by atoms with Gasteiger partial charge in [0.15, 0.2) is 0 Å². The maximum absolute atomic E-state index is 12.1. The van der Waals surface area contributed by atoms with Crippen LogP contribution in [0.3, 0.4) is 0 Å². The van der Waals surface area contributed by atoms with E-state index in [0.717, 1.165) is 0 Å². The van der Waals surface area contributed by atoms with Crippen molar-refractivity contribution < 1.29 is 14.3 Å². The van der Waals surface area contributed by atoms with Crippen LogP contribution in [0.25, 0.3) is 0 Å². The van der Waals surface area contributed by atoms with Crippen LogP contribution < -0.4 is 10.6 Å². The summed E-state index contributed by atoms with van der Waals surface area (Å²) in [5, 5.41) is 6.51. The van der Waals surface area contributed by atoms with Crippen LogP contribution in [-0.4, -0.2) is 25.0 Å². The Morgan fingerprint density at radius 3 is 2.40 bits per heavy atom. The number of nitrogens with one attached hydrogen (secondary N) is 2. The molecule has 2 aromatic rings. The zero-order valence-electron chi connectivity index (χ0n) is 13.6. The van der Waals surface area contributed by atoms with Crippen LogP contribution in [0.15, 0.2) is 42.5 Å². The smallest absolute Gasteiger partial charge is 0.340 e. The van der Waals surface area contributed by atoms with E-state index < -0.39 is 5.97 Å². The minimum absolute atomic E-state index is 0.179. The minimum atomic E-state index is -0.405. The van der Waals surface area contributed by atoms with Crippen LogP contribution >= 0.6 is 23.2 Å². The molecule has 0 aliphatic heterocycles. The summed E-state index contributed by atoms with van der Waals surface area (Å²) in [6.45, 7) is 2.39. The number of para-hydroxylation sites is 2. The Kier molecular flexibility index (Phi) is 7.10. The largest absolute Gasteiger partial charge is 0.462 e. The van der Waals surface area contributed by atoms with Gasteiger partial charge in [-0.1, -0.05) is 41.4 Å². The summed E-state index contributed by atoms with van der Waals surface area (Å²) in [5.74, 6) is -0.644. The third-order valence-corrected chi connectivity index (χ3v) is 3.95. The summed E-state index contributed by atoms with van der Waals surface area (Å²) >= 11 is 12.0. The van der Waals surface area contributed by atoms with Crippen molar-refractivity contribution >= 4 is 46.5 Å². The molecule has 2 rings (SSSR count). The molecule has 0 saturated heterocycles. The van der Waals surface area contributed by atoms with Gasteiger partial charge in [0.05, 0.1) is 27.9 Å². The van der Waals surface area contributed by atoms with Crippen molar-refractivity contribution in [2.45, 2.75) is 13.3 Å². The summed E-state index contributed by atoms with van der Waals surface area (Å²) < 4.78 is 5.01. The highest BCUT2D eigenvalue weighted by atomic mass is 35.5. The van der Waals surface area contributed by atoms with Gasteiger partial charge in [0.2, 0.25) is 5.91 Å². The molecule has 132 valence electrons. The van der Waals surface area contributed by atoms with Crippen molar-refractivity contribution in [3.63, 3.8) is 0 Å². The van der Waals surface area contributed by atoms with Gasteiger partial charge in [-0.25, -0.2) is 4.79 Å². The van der Waals surface area contributed by atoms with E-state index in [2.05, 4.69) is 10.6 Å². The molecule has 0 aliphatic carbocycles. The highest BCUT2D eigenvalue weighted by molar-refractivity contribution is 6.39. The zero-order valence-corrected chi connectivity index (χ0v) is 15.2. The maximum Gasteiger partial charge on any atom is 0.340 e. The summed E-state index contributed by atoms with van der Waals surface area (Å²) in [7, 11) is 0. The fourth-order valence-electron chi connectivity index (χ4n) is 2.15. The Morgan fingerprint density at radius 2 is 1.72 bits per heavy atom. The molecular weight excluding hydrogens is 363 g/mol. The highest BCUT2D eigenvalue weighted by Gasteiger charge is 2.13. The molecular formula is C18H18Cl2N2O3. The number of halogens is 2. The third-order valence-electron chi connectivity index (χ3n) is 3.32.